The third-order valence-corrected chi connectivity index (χ3v) is 2.84. The second-order valence-corrected chi connectivity index (χ2v) is 4.40. The monoisotopic (exact) mass is 274 g/mol. The Bertz CT molecular complexity index is 642. The van der Waals surface area contributed by atoms with E-state index in [4.69, 9.17) is 16.2 Å². The molecule has 2 aromatic rings. The van der Waals surface area contributed by atoms with Gasteiger partial charge in [0, 0.05) is 11.6 Å². The summed E-state index contributed by atoms with van der Waals surface area (Å²) in [7, 11) is 0. The predicted octanol–water partition coefficient (Wildman–Crippen LogP) is 2.74. The molecule has 0 saturated heterocycles. The number of halogens is 1. The Hall–Kier alpha value is -2.40. The topological polar surface area (TPSA) is 78.3 Å². The maximum atomic E-state index is 13.8. The third kappa shape index (κ3) is 2.78. The fourth-order valence-corrected chi connectivity index (χ4v) is 1.93. The van der Waals surface area contributed by atoms with Gasteiger partial charge in [0.15, 0.2) is 0 Å². The number of hydrogen-bond acceptors (Lipinski definition) is 3. The number of carbonyl (C=O) groups excluding carboxylic acids is 1. The van der Waals surface area contributed by atoms with E-state index in [1.54, 1.807) is 37.3 Å². The van der Waals surface area contributed by atoms with E-state index in [-0.39, 0.29) is 22.6 Å². The predicted molar refractivity (Wildman–Crippen MR) is 74.0 cm³/mol. The largest absolute Gasteiger partial charge is 0.456 e. The number of ether oxygens (including phenoxy) is 1. The van der Waals surface area contributed by atoms with Crippen LogP contribution in [-0.2, 0) is 0 Å². The minimum atomic E-state index is -0.612. The van der Waals surface area contributed by atoms with Gasteiger partial charge < -0.3 is 16.2 Å². The Labute approximate surface area is 116 Å². The molecule has 0 radical (unpaired) electrons. The lowest BCUT2D eigenvalue weighted by atomic mass is 10.1. The van der Waals surface area contributed by atoms with Crippen molar-refractivity contribution in [2.24, 2.45) is 11.5 Å². The van der Waals surface area contributed by atoms with Gasteiger partial charge in [-0.3, -0.25) is 4.79 Å². The summed E-state index contributed by atoms with van der Waals surface area (Å²) in [5, 5.41) is 0. The highest BCUT2D eigenvalue weighted by molar-refractivity contribution is 5.95. The summed E-state index contributed by atoms with van der Waals surface area (Å²) >= 11 is 0. The van der Waals surface area contributed by atoms with E-state index in [0.29, 0.717) is 0 Å². The Morgan fingerprint density at radius 1 is 1.15 bits per heavy atom. The molecule has 0 aromatic heterocycles. The Kier molecular flexibility index (Phi) is 4.00. The molecular weight excluding hydrogens is 259 g/mol. The first-order valence-corrected chi connectivity index (χ1v) is 6.11. The fourth-order valence-electron chi connectivity index (χ4n) is 1.93. The van der Waals surface area contributed by atoms with Gasteiger partial charge in [0.1, 0.15) is 17.3 Å². The Balaban J connectivity index is 2.46. The van der Waals surface area contributed by atoms with E-state index in [2.05, 4.69) is 0 Å². The SMILES string of the molecule is C[C@@H](N)c1c(F)cccc1Oc1ccccc1C(N)=O. The summed E-state index contributed by atoms with van der Waals surface area (Å²) in [6.45, 7) is 1.66. The maximum absolute atomic E-state index is 13.8. The van der Waals surface area contributed by atoms with E-state index in [1.165, 1.54) is 12.1 Å². The molecule has 0 aliphatic heterocycles. The Morgan fingerprint density at radius 2 is 1.80 bits per heavy atom. The van der Waals surface area contributed by atoms with E-state index in [1.807, 2.05) is 0 Å². The van der Waals surface area contributed by atoms with Gasteiger partial charge in [-0.15, -0.1) is 0 Å². The Morgan fingerprint density at radius 3 is 2.45 bits per heavy atom. The van der Waals surface area contributed by atoms with Crippen LogP contribution in [0.2, 0.25) is 0 Å². The van der Waals surface area contributed by atoms with Crippen molar-refractivity contribution in [2.45, 2.75) is 13.0 Å². The summed E-state index contributed by atoms with van der Waals surface area (Å²) in [5.74, 6) is -0.519. The molecule has 20 heavy (non-hydrogen) atoms. The van der Waals surface area contributed by atoms with Crippen molar-refractivity contribution < 1.29 is 13.9 Å². The van der Waals surface area contributed by atoms with Gasteiger partial charge in [-0.05, 0) is 31.2 Å². The normalized spacial score (nSPS) is 11.9. The van der Waals surface area contributed by atoms with Crippen LogP contribution in [0, 0.1) is 5.82 Å². The van der Waals surface area contributed by atoms with Crippen molar-refractivity contribution >= 4 is 5.91 Å². The second kappa shape index (κ2) is 5.71. The average molecular weight is 274 g/mol. The summed E-state index contributed by atoms with van der Waals surface area (Å²) in [5.41, 5.74) is 11.5. The molecule has 4 N–H and O–H groups in total. The van der Waals surface area contributed by atoms with Crippen molar-refractivity contribution in [2.75, 3.05) is 0 Å². The van der Waals surface area contributed by atoms with Gasteiger partial charge in [-0.1, -0.05) is 18.2 Å². The zero-order chi connectivity index (χ0) is 14.7. The van der Waals surface area contributed by atoms with E-state index >= 15 is 0 Å². The van der Waals surface area contributed by atoms with Gasteiger partial charge in [0.2, 0.25) is 0 Å². The molecular formula is C15H15FN2O2. The molecule has 0 aliphatic rings. The molecule has 0 bridgehead atoms. The first kappa shape index (κ1) is 14.0. The molecule has 104 valence electrons. The van der Waals surface area contributed by atoms with Gasteiger partial charge in [0.25, 0.3) is 5.91 Å². The van der Waals surface area contributed by atoms with E-state index in [9.17, 15) is 9.18 Å². The van der Waals surface area contributed by atoms with Crippen molar-refractivity contribution in [3.05, 3.63) is 59.4 Å². The van der Waals surface area contributed by atoms with Gasteiger partial charge in [-0.2, -0.15) is 0 Å². The molecule has 5 heteroatoms. The highest BCUT2D eigenvalue weighted by Crippen LogP contribution is 2.32. The number of nitrogens with two attached hydrogens (primary N) is 2. The number of primary amides is 1. The lowest BCUT2D eigenvalue weighted by Gasteiger charge is -2.15. The number of hydrogen-bond donors (Lipinski definition) is 2. The van der Waals surface area contributed by atoms with Gasteiger partial charge in [0.05, 0.1) is 5.56 Å². The number of benzene rings is 2. The first-order chi connectivity index (χ1) is 9.50. The van der Waals surface area contributed by atoms with Crippen LogP contribution >= 0.6 is 0 Å². The molecule has 0 aliphatic carbocycles. The van der Waals surface area contributed by atoms with Crippen molar-refractivity contribution in [3.63, 3.8) is 0 Å². The van der Waals surface area contributed by atoms with Crippen LogP contribution in [0.1, 0.15) is 28.9 Å². The second-order valence-electron chi connectivity index (χ2n) is 4.40. The summed E-state index contributed by atoms with van der Waals surface area (Å²) in [6.07, 6.45) is 0. The minimum Gasteiger partial charge on any atom is -0.456 e. The summed E-state index contributed by atoms with van der Waals surface area (Å²) in [6, 6.07) is 10.4. The molecule has 0 unspecified atom stereocenters. The first-order valence-electron chi connectivity index (χ1n) is 6.11. The number of amides is 1. The fraction of sp³-hybridized carbons (Fsp3) is 0.133. The van der Waals surface area contributed by atoms with Crippen LogP contribution in [0.25, 0.3) is 0 Å². The molecule has 2 aromatic carbocycles. The zero-order valence-corrected chi connectivity index (χ0v) is 11.0. The molecule has 2 rings (SSSR count). The summed E-state index contributed by atoms with van der Waals surface area (Å²) < 4.78 is 19.4. The van der Waals surface area contributed by atoms with Crippen LogP contribution < -0.4 is 16.2 Å². The van der Waals surface area contributed by atoms with E-state index < -0.39 is 17.8 Å². The molecule has 1 atom stereocenters. The lowest BCUT2D eigenvalue weighted by Crippen LogP contribution is -2.13. The van der Waals surface area contributed by atoms with E-state index in [0.717, 1.165) is 0 Å². The van der Waals surface area contributed by atoms with Crippen molar-refractivity contribution in [1.82, 2.24) is 0 Å². The minimum absolute atomic E-state index is 0.229. The molecule has 0 fully saturated rings. The number of carbonyl (C=O) groups is 1. The standard InChI is InChI=1S/C15H15FN2O2/c1-9(17)14-11(16)6-4-8-13(14)20-12-7-3-2-5-10(12)15(18)19/h2-9H,17H2,1H3,(H2,18,19)/t9-/m1/s1. The molecule has 0 saturated carbocycles. The molecule has 0 heterocycles. The highest BCUT2D eigenvalue weighted by Gasteiger charge is 2.16. The molecule has 0 spiro atoms. The third-order valence-electron chi connectivity index (χ3n) is 2.84. The van der Waals surface area contributed by atoms with Crippen molar-refractivity contribution in [3.8, 4) is 11.5 Å². The van der Waals surface area contributed by atoms with Crippen LogP contribution in [-0.4, -0.2) is 5.91 Å². The summed E-state index contributed by atoms with van der Waals surface area (Å²) in [4.78, 5) is 11.3. The van der Waals surface area contributed by atoms with Crippen LogP contribution in [0.15, 0.2) is 42.5 Å². The zero-order valence-electron chi connectivity index (χ0n) is 11.0. The molecule has 4 nitrogen and oxygen atoms in total. The smallest absolute Gasteiger partial charge is 0.252 e. The van der Waals surface area contributed by atoms with Gasteiger partial charge in [-0.25, -0.2) is 4.39 Å². The van der Waals surface area contributed by atoms with Gasteiger partial charge >= 0.3 is 0 Å². The average Bonchev–Trinajstić information content (AvgIpc) is 2.38. The molecule has 1 amide bonds. The van der Waals surface area contributed by atoms with Crippen LogP contribution in [0.3, 0.4) is 0 Å². The number of rotatable bonds is 4. The van der Waals surface area contributed by atoms with Crippen LogP contribution in [0.5, 0.6) is 11.5 Å². The van der Waals surface area contributed by atoms with Crippen LogP contribution in [0.4, 0.5) is 4.39 Å². The maximum Gasteiger partial charge on any atom is 0.252 e. The highest BCUT2D eigenvalue weighted by atomic mass is 19.1. The number of para-hydroxylation sites is 1. The van der Waals surface area contributed by atoms with Crippen molar-refractivity contribution in [1.29, 1.82) is 0 Å². The quantitative estimate of drug-likeness (QED) is 0.899. The lowest BCUT2D eigenvalue weighted by molar-refractivity contribution is 0.0998.